The molecule has 0 bridgehead atoms. The smallest absolute Gasteiger partial charge is 0.414 e. The van der Waals surface area contributed by atoms with E-state index in [-0.39, 0.29) is 12.6 Å². The van der Waals surface area contributed by atoms with Gasteiger partial charge in [0.1, 0.15) is 0 Å². The first-order valence-corrected chi connectivity index (χ1v) is 7.45. The van der Waals surface area contributed by atoms with Gasteiger partial charge in [0, 0.05) is 12.1 Å². The van der Waals surface area contributed by atoms with Gasteiger partial charge >= 0.3 is 6.09 Å². The molecule has 0 aromatic heterocycles. The number of anilines is 1. The third-order valence-electron chi connectivity index (χ3n) is 3.99. The lowest BCUT2D eigenvalue weighted by Crippen LogP contribution is -2.45. The van der Waals surface area contributed by atoms with Crippen LogP contribution in [0.1, 0.15) is 31.7 Å². The van der Waals surface area contributed by atoms with Crippen LogP contribution < -0.4 is 20.1 Å². The van der Waals surface area contributed by atoms with Crippen LogP contribution in [-0.4, -0.2) is 38.9 Å². The summed E-state index contributed by atoms with van der Waals surface area (Å²) in [5.41, 5.74) is 6.74. The molecule has 1 aliphatic heterocycles. The average molecular weight is 322 g/mol. The number of benzene rings is 1. The Morgan fingerprint density at radius 1 is 1.26 bits per heavy atom. The second-order valence-corrected chi connectivity index (χ2v) is 5.37. The van der Waals surface area contributed by atoms with E-state index < -0.39 is 17.9 Å². The fourth-order valence-corrected chi connectivity index (χ4v) is 2.92. The van der Waals surface area contributed by atoms with Gasteiger partial charge in [-0.05, 0) is 31.9 Å². The van der Waals surface area contributed by atoms with Crippen molar-refractivity contribution in [2.45, 2.75) is 32.2 Å². The minimum atomic E-state index is -0.495. The van der Waals surface area contributed by atoms with Crippen LogP contribution in [0.15, 0.2) is 12.1 Å². The topological polar surface area (TPSA) is 91.1 Å². The number of hydrogen-bond acceptors (Lipinski definition) is 5. The summed E-state index contributed by atoms with van der Waals surface area (Å²) in [6.07, 6.45) is -0.0345. The van der Waals surface area contributed by atoms with Crippen molar-refractivity contribution < 1.29 is 23.8 Å². The van der Waals surface area contributed by atoms with Crippen molar-refractivity contribution in [2.24, 2.45) is 5.73 Å². The van der Waals surface area contributed by atoms with Gasteiger partial charge in [-0.1, -0.05) is 0 Å². The van der Waals surface area contributed by atoms with E-state index >= 15 is 0 Å². The van der Waals surface area contributed by atoms with Gasteiger partial charge in [0.15, 0.2) is 11.5 Å². The number of ether oxygens (including phenoxy) is 3. The highest BCUT2D eigenvalue weighted by Gasteiger charge is 2.38. The molecule has 1 heterocycles. The van der Waals surface area contributed by atoms with E-state index in [0.717, 1.165) is 0 Å². The zero-order chi connectivity index (χ0) is 17.1. The number of primary amides is 1. The fraction of sp³-hybridized carbons (Fsp3) is 0.500. The number of nitrogens with zero attached hydrogens (tertiary/aromatic N) is 1. The van der Waals surface area contributed by atoms with Gasteiger partial charge < -0.3 is 19.9 Å². The fourth-order valence-electron chi connectivity index (χ4n) is 2.92. The van der Waals surface area contributed by atoms with Gasteiger partial charge in [-0.2, -0.15) is 0 Å². The monoisotopic (exact) mass is 322 g/mol. The number of hydrogen-bond donors (Lipinski definition) is 1. The number of rotatable bonds is 4. The largest absolute Gasteiger partial charge is 0.493 e. The summed E-state index contributed by atoms with van der Waals surface area (Å²) in [5.74, 6) is 0.0213. The van der Waals surface area contributed by atoms with Gasteiger partial charge in [0.2, 0.25) is 5.91 Å². The summed E-state index contributed by atoms with van der Waals surface area (Å²) in [6.45, 7) is 3.87. The summed E-state index contributed by atoms with van der Waals surface area (Å²) in [5, 5.41) is 0. The third kappa shape index (κ3) is 3.04. The van der Waals surface area contributed by atoms with Crippen LogP contribution in [0.5, 0.6) is 11.5 Å². The molecular weight excluding hydrogens is 300 g/mol. The summed E-state index contributed by atoms with van der Waals surface area (Å²) in [7, 11) is 3.02. The third-order valence-corrected chi connectivity index (χ3v) is 3.99. The minimum absolute atomic E-state index is 0.225. The van der Waals surface area contributed by atoms with E-state index in [1.807, 2.05) is 6.92 Å². The van der Waals surface area contributed by atoms with Gasteiger partial charge in [0.05, 0.1) is 32.4 Å². The maximum absolute atomic E-state index is 12.3. The lowest BCUT2D eigenvalue weighted by Gasteiger charge is -2.37. The normalized spacial score (nSPS) is 19.7. The van der Waals surface area contributed by atoms with Crippen molar-refractivity contribution in [1.82, 2.24) is 0 Å². The van der Waals surface area contributed by atoms with Crippen LogP contribution in [-0.2, 0) is 9.53 Å². The molecule has 7 nitrogen and oxygen atoms in total. The molecule has 2 rings (SSSR count). The van der Waals surface area contributed by atoms with E-state index in [1.54, 1.807) is 19.1 Å². The molecule has 1 aromatic carbocycles. The van der Waals surface area contributed by atoms with Crippen molar-refractivity contribution in [3.8, 4) is 11.5 Å². The molecule has 0 aliphatic carbocycles. The Morgan fingerprint density at radius 2 is 1.87 bits per heavy atom. The van der Waals surface area contributed by atoms with Crippen molar-refractivity contribution >= 4 is 17.7 Å². The van der Waals surface area contributed by atoms with Crippen LogP contribution in [0.4, 0.5) is 10.5 Å². The Bertz CT molecular complexity index is 617. The maximum atomic E-state index is 12.3. The second kappa shape index (κ2) is 6.76. The van der Waals surface area contributed by atoms with Crippen LogP contribution in [0, 0.1) is 0 Å². The second-order valence-electron chi connectivity index (χ2n) is 5.37. The molecule has 7 heteroatoms. The van der Waals surface area contributed by atoms with Gasteiger partial charge in [-0.15, -0.1) is 0 Å². The number of carbonyl (C=O) groups is 2. The van der Waals surface area contributed by atoms with Crippen molar-refractivity contribution in [2.75, 3.05) is 25.7 Å². The molecule has 23 heavy (non-hydrogen) atoms. The molecule has 2 amide bonds. The molecule has 0 fully saturated rings. The Kier molecular flexibility index (Phi) is 4.98. The van der Waals surface area contributed by atoms with Gasteiger partial charge in [-0.3, -0.25) is 9.69 Å². The zero-order valence-corrected chi connectivity index (χ0v) is 13.8. The first-order valence-electron chi connectivity index (χ1n) is 7.45. The first kappa shape index (κ1) is 16.9. The van der Waals surface area contributed by atoms with E-state index in [4.69, 9.17) is 19.9 Å². The highest BCUT2D eigenvalue weighted by molar-refractivity contribution is 5.94. The van der Waals surface area contributed by atoms with Crippen molar-refractivity contribution in [3.63, 3.8) is 0 Å². The Hall–Kier alpha value is -2.44. The summed E-state index contributed by atoms with van der Waals surface area (Å²) in [6, 6.07) is 3.15. The molecule has 126 valence electrons. The van der Waals surface area contributed by atoms with Gasteiger partial charge in [-0.25, -0.2) is 4.79 Å². The standard InChI is InChI=1S/C16H22N2O5/c1-5-23-16(20)18-9(2)6-11(15(17)19)10-7-13(21-3)14(22-4)8-12(10)18/h7-9,11H,5-6H2,1-4H3,(H2,17,19). The Balaban J connectivity index is 2.62. The van der Waals surface area contributed by atoms with Crippen LogP contribution >= 0.6 is 0 Å². The summed E-state index contributed by atoms with van der Waals surface area (Å²) in [4.78, 5) is 25.7. The summed E-state index contributed by atoms with van der Waals surface area (Å²) >= 11 is 0. The number of methoxy groups -OCH3 is 2. The molecule has 1 aliphatic rings. The maximum Gasteiger partial charge on any atom is 0.414 e. The van der Waals surface area contributed by atoms with E-state index in [1.165, 1.54) is 19.1 Å². The molecule has 2 atom stereocenters. The number of nitrogens with two attached hydrogens (primary N) is 1. The quantitative estimate of drug-likeness (QED) is 0.916. The Morgan fingerprint density at radius 3 is 2.39 bits per heavy atom. The molecule has 0 radical (unpaired) electrons. The van der Waals surface area contributed by atoms with Crippen molar-refractivity contribution in [1.29, 1.82) is 0 Å². The number of amides is 2. The van der Waals surface area contributed by atoms with Crippen molar-refractivity contribution in [3.05, 3.63) is 17.7 Å². The first-order chi connectivity index (χ1) is 10.9. The number of fused-ring (bicyclic) bond motifs is 1. The van der Waals surface area contributed by atoms with Crippen LogP contribution in [0.3, 0.4) is 0 Å². The lowest BCUT2D eigenvalue weighted by molar-refractivity contribution is -0.119. The molecule has 0 saturated heterocycles. The minimum Gasteiger partial charge on any atom is -0.493 e. The molecule has 1 aromatic rings. The average Bonchev–Trinajstić information content (AvgIpc) is 2.52. The predicted octanol–water partition coefficient (Wildman–Crippen LogP) is 2.03. The summed E-state index contributed by atoms with van der Waals surface area (Å²) < 4.78 is 15.7. The highest BCUT2D eigenvalue weighted by Crippen LogP contribution is 2.44. The number of carbonyl (C=O) groups excluding carboxylic acids is 2. The van der Waals surface area contributed by atoms with E-state index in [2.05, 4.69) is 0 Å². The SMILES string of the molecule is CCOC(=O)N1c2cc(OC)c(OC)cc2C(C(N)=O)CC1C. The highest BCUT2D eigenvalue weighted by atomic mass is 16.6. The van der Waals surface area contributed by atoms with Gasteiger partial charge in [0.25, 0.3) is 0 Å². The molecule has 0 saturated carbocycles. The van der Waals surface area contributed by atoms with E-state index in [0.29, 0.717) is 29.2 Å². The zero-order valence-electron chi connectivity index (χ0n) is 13.8. The lowest BCUT2D eigenvalue weighted by atomic mass is 9.85. The van der Waals surface area contributed by atoms with E-state index in [9.17, 15) is 9.59 Å². The predicted molar refractivity (Wildman–Crippen MR) is 85.1 cm³/mol. The Labute approximate surface area is 135 Å². The van der Waals surface area contributed by atoms with Crippen LogP contribution in [0.2, 0.25) is 0 Å². The molecule has 2 N–H and O–H groups in total. The van der Waals surface area contributed by atoms with Crippen LogP contribution in [0.25, 0.3) is 0 Å². The molecule has 2 unspecified atom stereocenters. The molecule has 0 spiro atoms. The molecular formula is C16H22N2O5.